The van der Waals surface area contributed by atoms with Gasteiger partial charge in [0, 0.05) is 43.6 Å². The van der Waals surface area contributed by atoms with Crippen LogP contribution in [0, 0.1) is 5.92 Å². The minimum absolute atomic E-state index is 0.0486. The van der Waals surface area contributed by atoms with Gasteiger partial charge in [-0.3, -0.25) is 4.79 Å². The number of carbonyl (C=O) groups excluding carboxylic acids is 1. The molecule has 4 N–H and O–H groups in total. The lowest BCUT2D eigenvalue weighted by atomic mass is 9.78. The highest BCUT2D eigenvalue weighted by atomic mass is 16.5. The number of hydrogen-bond donors (Lipinski definition) is 4. The van der Waals surface area contributed by atoms with E-state index < -0.39 is 24.4 Å². The van der Waals surface area contributed by atoms with E-state index >= 15 is 0 Å². The van der Waals surface area contributed by atoms with E-state index in [0.717, 1.165) is 62.5 Å². The first-order valence-corrected chi connectivity index (χ1v) is 13.4. The van der Waals surface area contributed by atoms with Gasteiger partial charge in [0.1, 0.15) is 0 Å². The predicted octanol–water partition coefficient (Wildman–Crippen LogP) is 2.71. The Morgan fingerprint density at radius 2 is 2.08 bits per heavy atom. The molecular weight excluding hydrogens is 478 g/mol. The predicted molar refractivity (Wildman–Crippen MR) is 139 cm³/mol. The zero-order valence-corrected chi connectivity index (χ0v) is 21.6. The van der Waals surface area contributed by atoms with Crippen molar-refractivity contribution in [1.29, 1.82) is 0 Å². The van der Waals surface area contributed by atoms with Gasteiger partial charge in [0.05, 0.1) is 18.8 Å². The molecule has 3 aliphatic rings. The van der Waals surface area contributed by atoms with Gasteiger partial charge in [0.2, 0.25) is 0 Å². The third-order valence-electron chi connectivity index (χ3n) is 7.49. The molecule has 0 aromatic heterocycles. The summed E-state index contributed by atoms with van der Waals surface area (Å²) in [5.41, 5.74) is 9.56. The van der Waals surface area contributed by atoms with Crippen molar-refractivity contribution in [2.75, 3.05) is 32.9 Å². The van der Waals surface area contributed by atoms with Crippen LogP contribution in [-0.2, 0) is 14.3 Å². The number of rotatable bonds is 14. The molecule has 0 aromatic carbocycles. The van der Waals surface area contributed by atoms with E-state index in [-0.39, 0.29) is 44.0 Å². The number of nitrogens with one attached hydrogen (secondary N) is 1. The van der Waals surface area contributed by atoms with E-state index in [1.165, 1.54) is 0 Å². The molecule has 37 heavy (non-hydrogen) atoms. The maximum absolute atomic E-state index is 13.7. The van der Waals surface area contributed by atoms with Crippen LogP contribution in [0.25, 0.3) is 10.4 Å². The van der Waals surface area contributed by atoms with Crippen molar-refractivity contribution in [2.24, 2.45) is 16.0 Å². The number of azide groups is 1. The van der Waals surface area contributed by atoms with Crippen LogP contribution in [0.5, 0.6) is 0 Å². The molecule has 11 nitrogen and oxygen atoms in total. The summed E-state index contributed by atoms with van der Waals surface area (Å²) in [6.07, 6.45) is 7.65. The molecule has 206 valence electrons. The Morgan fingerprint density at radius 3 is 2.76 bits per heavy atom. The van der Waals surface area contributed by atoms with E-state index in [9.17, 15) is 15.0 Å². The van der Waals surface area contributed by atoms with Crippen molar-refractivity contribution in [2.45, 2.75) is 88.1 Å². The molecule has 2 aliphatic carbocycles. The van der Waals surface area contributed by atoms with Gasteiger partial charge in [0.15, 0.2) is 17.5 Å². The molecule has 1 aliphatic heterocycles. The fourth-order valence-corrected chi connectivity index (χ4v) is 5.51. The van der Waals surface area contributed by atoms with Crippen LogP contribution < -0.4 is 5.32 Å². The summed E-state index contributed by atoms with van der Waals surface area (Å²) in [7, 11) is 0. The van der Waals surface area contributed by atoms with Crippen LogP contribution in [-0.4, -0.2) is 83.9 Å². The number of amides is 1. The SMILES string of the molecule is C=CC[C@]1(C(=O)NCC(O)CO)N=C(C2CCC(OCCCO)CC2)O[C@H]1C1=C(CN=[N+]=[N-])CCCC1. The Labute approximate surface area is 218 Å². The highest BCUT2D eigenvalue weighted by molar-refractivity contribution is 5.95. The summed E-state index contributed by atoms with van der Waals surface area (Å²) < 4.78 is 12.4. The normalized spacial score (nSPS) is 28.6. The summed E-state index contributed by atoms with van der Waals surface area (Å²) in [5.74, 6) is 0.217. The third kappa shape index (κ3) is 7.33. The van der Waals surface area contributed by atoms with E-state index in [0.29, 0.717) is 18.9 Å². The van der Waals surface area contributed by atoms with Crippen LogP contribution in [0.1, 0.15) is 64.2 Å². The van der Waals surface area contributed by atoms with Gasteiger partial charge in [-0.25, -0.2) is 4.99 Å². The van der Waals surface area contributed by atoms with E-state index in [4.69, 9.17) is 25.1 Å². The average Bonchev–Trinajstić information content (AvgIpc) is 3.31. The molecule has 1 heterocycles. The van der Waals surface area contributed by atoms with Crippen LogP contribution >= 0.6 is 0 Å². The number of hydrogen-bond acceptors (Lipinski definition) is 8. The van der Waals surface area contributed by atoms with Gasteiger partial charge in [-0.05, 0) is 68.9 Å². The lowest BCUT2D eigenvalue weighted by Crippen LogP contribution is -2.54. The molecule has 1 fully saturated rings. The van der Waals surface area contributed by atoms with Crippen molar-refractivity contribution in [3.05, 3.63) is 34.2 Å². The summed E-state index contributed by atoms with van der Waals surface area (Å²) >= 11 is 0. The van der Waals surface area contributed by atoms with E-state index in [1.807, 2.05) is 0 Å². The fourth-order valence-electron chi connectivity index (χ4n) is 5.51. The lowest BCUT2D eigenvalue weighted by molar-refractivity contribution is -0.128. The number of nitrogens with zero attached hydrogens (tertiary/aromatic N) is 4. The molecular formula is C26H41N5O6. The molecule has 1 saturated carbocycles. The fraction of sp³-hybridized carbons (Fsp3) is 0.769. The Hall–Kier alpha value is -2.43. The van der Waals surface area contributed by atoms with Crippen LogP contribution in [0.3, 0.4) is 0 Å². The number of aliphatic hydroxyl groups is 3. The summed E-state index contributed by atoms with van der Waals surface area (Å²) in [6.45, 7) is 4.19. The Balaban J connectivity index is 1.90. The number of ether oxygens (including phenoxy) is 2. The first kappa shape index (κ1) is 29.1. The molecule has 3 atom stereocenters. The van der Waals surface area contributed by atoms with Crippen LogP contribution in [0.4, 0.5) is 0 Å². The van der Waals surface area contributed by atoms with Gasteiger partial charge >= 0.3 is 0 Å². The molecule has 0 saturated heterocycles. The number of aliphatic hydroxyl groups excluding tert-OH is 3. The van der Waals surface area contributed by atoms with Crippen molar-refractivity contribution in [3.8, 4) is 0 Å². The molecule has 11 heteroatoms. The summed E-state index contributed by atoms with van der Waals surface area (Å²) in [6, 6.07) is 0. The lowest BCUT2D eigenvalue weighted by Gasteiger charge is -2.34. The van der Waals surface area contributed by atoms with Crippen LogP contribution in [0.2, 0.25) is 0 Å². The van der Waals surface area contributed by atoms with Crippen LogP contribution in [0.15, 0.2) is 33.9 Å². The topological polar surface area (TPSA) is 169 Å². The molecule has 3 rings (SSSR count). The van der Waals surface area contributed by atoms with E-state index in [1.54, 1.807) is 6.08 Å². The highest BCUT2D eigenvalue weighted by Gasteiger charge is 2.54. The highest BCUT2D eigenvalue weighted by Crippen LogP contribution is 2.43. The van der Waals surface area contributed by atoms with Gasteiger partial charge in [-0.1, -0.05) is 16.8 Å². The number of carbonyl (C=O) groups is 1. The van der Waals surface area contributed by atoms with Crippen molar-refractivity contribution >= 4 is 11.8 Å². The maximum Gasteiger partial charge on any atom is 0.252 e. The third-order valence-corrected chi connectivity index (χ3v) is 7.49. The second-order valence-corrected chi connectivity index (χ2v) is 10.1. The second-order valence-electron chi connectivity index (χ2n) is 10.1. The Bertz CT molecular complexity index is 894. The van der Waals surface area contributed by atoms with Gasteiger partial charge in [-0.2, -0.15) is 0 Å². The minimum Gasteiger partial charge on any atom is -0.470 e. The molecule has 0 radical (unpaired) electrons. The molecule has 1 amide bonds. The zero-order chi connectivity index (χ0) is 26.7. The number of aliphatic imine (C=N–C) groups is 1. The maximum atomic E-state index is 13.7. The van der Waals surface area contributed by atoms with Gasteiger partial charge in [0.25, 0.3) is 5.91 Å². The minimum atomic E-state index is -1.30. The van der Waals surface area contributed by atoms with Gasteiger partial charge in [-0.15, -0.1) is 6.58 Å². The Kier molecular flexibility index (Phi) is 11.4. The first-order valence-electron chi connectivity index (χ1n) is 13.4. The molecule has 0 spiro atoms. The zero-order valence-electron chi connectivity index (χ0n) is 21.6. The quantitative estimate of drug-likeness (QED) is 0.0904. The summed E-state index contributed by atoms with van der Waals surface area (Å²) in [4.78, 5) is 21.6. The second kappa shape index (κ2) is 14.5. The van der Waals surface area contributed by atoms with Crippen molar-refractivity contribution < 1.29 is 29.6 Å². The largest absolute Gasteiger partial charge is 0.470 e. The average molecular weight is 520 g/mol. The molecule has 0 bridgehead atoms. The van der Waals surface area contributed by atoms with Crippen molar-refractivity contribution in [3.63, 3.8) is 0 Å². The molecule has 1 unspecified atom stereocenters. The monoisotopic (exact) mass is 519 g/mol. The first-order chi connectivity index (χ1) is 18.0. The standard InChI is InChI=1S/C26H41N5O6/c1-2-12-26(25(35)28-16-20(34)17-33)23(22-7-4-3-6-19(22)15-29-31-27)37-24(30-26)18-8-10-21(11-9-18)36-14-5-13-32/h2,18,20-21,23,32-34H,1,3-17H2,(H,28,35)/t18?,20?,21?,23-,26-/m0/s1. The van der Waals surface area contributed by atoms with E-state index in [2.05, 4.69) is 21.9 Å². The molecule has 0 aromatic rings. The van der Waals surface area contributed by atoms with Crippen molar-refractivity contribution in [1.82, 2.24) is 5.32 Å². The smallest absolute Gasteiger partial charge is 0.252 e. The Morgan fingerprint density at radius 1 is 1.32 bits per heavy atom. The summed E-state index contributed by atoms with van der Waals surface area (Å²) in [5, 5.41) is 34.6. The van der Waals surface area contributed by atoms with Gasteiger partial charge < -0.3 is 30.1 Å².